The lowest BCUT2D eigenvalue weighted by molar-refractivity contribution is 0.0467. The van der Waals surface area contributed by atoms with Crippen molar-refractivity contribution in [2.45, 2.75) is 56.7 Å². The minimum Gasteiger partial charge on any atom is -0.394 e. The van der Waals surface area contributed by atoms with Crippen LogP contribution in [0.3, 0.4) is 0 Å². The molecular weight excluding hydrogens is 238 g/mol. The van der Waals surface area contributed by atoms with Gasteiger partial charge >= 0.3 is 0 Å². The van der Waals surface area contributed by atoms with Gasteiger partial charge in [0.15, 0.2) is 0 Å². The first-order valence-electron chi connectivity index (χ1n) is 7.84. The van der Waals surface area contributed by atoms with E-state index in [9.17, 15) is 5.11 Å². The molecule has 1 aliphatic heterocycles. The second-order valence-corrected chi connectivity index (χ2v) is 6.64. The van der Waals surface area contributed by atoms with Crippen molar-refractivity contribution < 1.29 is 5.11 Å². The molecule has 0 bridgehead atoms. The molecule has 0 amide bonds. The van der Waals surface area contributed by atoms with Crippen LogP contribution in [0.2, 0.25) is 0 Å². The van der Waals surface area contributed by atoms with E-state index in [1.807, 2.05) is 7.05 Å². The van der Waals surface area contributed by atoms with Gasteiger partial charge in [-0.05, 0) is 66.2 Å². The number of hydrogen-bond acceptors (Lipinski definition) is 4. The fraction of sp³-hybridized carbons (Fsp3) is 1.00. The summed E-state index contributed by atoms with van der Waals surface area (Å²) >= 11 is 0. The number of nitrogens with zero attached hydrogens (tertiary/aromatic N) is 2. The molecule has 1 aliphatic carbocycles. The molecule has 2 fully saturated rings. The van der Waals surface area contributed by atoms with Gasteiger partial charge in [0.1, 0.15) is 0 Å². The number of likely N-dealkylation sites (N-methyl/N-ethyl adjacent to an activating group) is 2. The Labute approximate surface area is 118 Å². The van der Waals surface area contributed by atoms with Crippen molar-refractivity contribution in [2.75, 3.05) is 40.3 Å². The summed E-state index contributed by atoms with van der Waals surface area (Å²) in [5, 5.41) is 13.1. The Morgan fingerprint density at radius 2 is 2.11 bits per heavy atom. The van der Waals surface area contributed by atoms with Crippen molar-refractivity contribution in [3.8, 4) is 0 Å². The van der Waals surface area contributed by atoms with E-state index in [0.29, 0.717) is 12.1 Å². The van der Waals surface area contributed by atoms with Crippen LogP contribution in [0, 0.1) is 0 Å². The molecule has 0 aromatic carbocycles. The summed E-state index contributed by atoms with van der Waals surface area (Å²) in [7, 11) is 4.23. The summed E-state index contributed by atoms with van der Waals surface area (Å²) < 4.78 is 0. The highest BCUT2D eigenvalue weighted by Crippen LogP contribution is 2.32. The molecule has 2 rings (SSSR count). The standard InChI is InChI=1S/C15H31N3O/c1-13-11-17(3)8-5-9-18(13)14-6-4-7-15(10-14,12-19)16-2/h13-14,16,19H,4-12H2,1-3H3. The lowest BCUT2D eigenvalue weighted by atomic mass is 9.78. The third-order valence-electron chi connectivity index (χ3n) is 5.22. The Bertz CT molecular complexity index is 281. The molecule has 0 aromatic heterocycles. The van der Waals surface area contributed by atoms with Crippen LogP contribution >= 0.6 is 0 Å². The van der Waals surface area contributed by atoms with E-state index in [1.165, 1.54) is 38.9 Å². The second-order valence-electron chi connectivity index (χ2n) is 6.64. The molecule has 0 radical (unpaired) electrons. The molecule has 3 unspecified atom stereocenters. The van der Waals surface area contributed by atoms with Gasteiger partial charge in [0.05, 0.1) is 6.61 Å². The molecule has 0 aromatic rings. The molecule has 2 aliphatic rings. The molecular formula is C15H31N3O. The monoisotopic (exact) mass is 269 g/mol. The molecule has 1 heterocycles. The van der Waals surface area contributed by atoms with Gasteiger partial charge < -0.3 is 15.3 Å². The maximum atomic E-state index is 9.73. The van der Waals surface area contributed by atoms with Crippen LogP contribution < -0.4 is 5.32 Å². The Morgan fingerprint density at radius 3 is 2.79 bits per heavy atom. The summed E-state index contributed by atoms with van der Waals surface area (Å²) in [5.41, 5.74) is -0.0408. The number of nitrogens with one attached hydrogen (secondary N) is 1. The van der Waals surface area contributed by atoms with Crippen molar-refractivity contribution in [2.24, 2.45) is 0 Å². The van der Waals surface area contributed by atoms with Crippen molar-refractivity contribution in [3.63, 3.8) is 0 Å². The lowest BCUT2D eigenvalue weighted by Gasteiger charge is -2.45. The van der Waals surface area contributed by atoms with Gasteiger partial charge in [-0.3, -0.25) is 4.90 Å². The molecule has 1 saturated carbocycles. The van der Waals surface area contributed by atoms with Crippen molar-refractivity contribution >= 4 is 0 Å². The van der Waals surface area contributed by atoms with Crippen LogP contribution in [0.5, 0.6) is 0 Å². The quantitative estimate of drug-likeness (QED) is 0.799. The normalized spacial score (nSPS) is 39.2. The van der Waals surface area contributed by atoms with Crippen LogP contribution in [0.4, 0.5) is 0 Å². The SMILES string of the molecule is CNC1(CO)CCCC(N2CCCN(C)CC2C)C1. The zero-order valence-electron chi connectivity index (χ0n) is 12.9. The Balaban J connectivity index is 2.03. The number of aliphatic hydroxyl groups is 1. The van der Waals surface area contributed by atoms with Crippen LogP contribution in [-0.2, 0) is 0 Å². The summed E-state index contributed by atoms with van der Waals surface area (Å²) in [4.78, 5) is 5.15. The fourth-order valence-electron chi connectivity index (χ4n) is 4.00. The van der Waals surface area contributed by atoms with Gasteiger partial charge in [-0.25, -0.2) is 0 Å². The Hall–Kier alpha value is -0.160. The number of aliphatic hydroxyl groups excluding tert-OH is 1. The average molecular weight is 269 g/mol. The molecule has 4 nitrogen and oxygen atoms in total. The highest BCUT2D eigenvalue weighted by molar-refractivity contribution is 4.97. The maximum Gasteiger partial charge on any atom is 0.0613 e. The fourth-order valence-corrected chi connectivity index (χ4v) is 4.00. The predicted octanol–water partition coefficient (Wildman–Crippen LogP) is 0.905. The van der Waals surface area contributed by atoms with Gasteiger partial charge in [-0.15, -0.1) is 0 Å². The summed E-state index contributed by atoms with van der Waals surface area (Å²) in [6.07, 6.45) is 5.98. The van der Waals surface area contributed by atoms with E-state index in [4.69, 9.17) is 0 Å². The van der Waals surface area contributed by atoms with E-state index in [0.717, 1.165) is 12.8 Å². The van der Waals surface area contributed by atoms with Crippen LogP contribution in [0.1, 0.15) is 39.0 Å². The highest BCUT2D eigenvalue weighted by Gasteiger charge is 2.38. The zero-order valence-corrected chi connectivity index (χ0v) is 12.9. The molecule has 0 spiro atoms. The van der Waals surface area contributed by atoms with Gasteiger partial charge in [0.25, 0.3) is 0 Å². The molecule has 112 valence electrons. The first kappa shape index (κ1) is 15.2. The molecule has 3 atom stereocenters. The van der Waals surface area contributed by atoms with Gasteiger partial charge in [-0.1, -0.05) is 0 Å². The molecule has 19 heavy (non-hydrogen) atoms. The van der Waals surface area contributed by atoms with Crippen molar-refractivity contribution in [1.82, 2.24) is 15.1 Å². The minimum atomic E-state index is -0.0408. The first-order valence-corrected chi connectivity index (χ1v) is 7.84. The van der Waals surface area contributed by atoms with Crippen LogP contribution in [-0.4, -0.2) is 72.9 Å². The first-order chi connectivity index (χ1) is 9.10. The minimum absolute atomic E-state index is 0.0408. The Morgan fingerprint density at radius 1 is 1.32 bits per heavy atom. The van der Waals surface area contributed by atoms with Gasteiger partial charge in [0.2, 0.25) is 0 Å². The largest absolute Gasteiger partial charge is 0.394 e. The van der Waals surface area contributed by atoms with E-state index in [1.54, 1.807) is 0 Å². The lowest BCUT2D eigenvalue weighted by Crippen LogP contribution is -2.56. The predicted molar refractivity (Wildman–Crippen MR) is 79.4 cm³/mol. The van der Waals surface area contributed by atoms with E-state index >= 15 is 0 Å². The van der Waals surface area contributed by atoms with Crippen LogP contribution in [0.15, 0.2) is 0 Å². The molecule has 4 heteroatoms. The topological polar surface area (TPSA) is 38.7 Å². The van der Waals surface area contributed by atoms with E-state index in [2.05, 4.69) is 29.1 Å². The van der Waals surface area contributed by atoms with Crippen molar-refractivity contribution in [1.29, 1.82) is 0 Å². The van der Waals surface area contributed by atoms with Gasteiger partial charge in [-0.2, -0.15) is 0 Å². The summed E-state index contributed by atoms with van der Waals surface area (Å²) in [6, 6.07) is 1.26. The highest BCUT2D eigenvalue weighted by atomic mass is 16.3. The van der Waals surface area contributed by atoms with Gasteiger partial charge in [0, 0.05) is 24.2 Å². The maximum absolute atomic E-state index is 9.73. The smallest absolute Gasteiger partial charge is 0.0613 e. The number of rotatable bonds is 3. The van der Waals surface area contributed by atoms with E-state index < -0.39 is 0 Å². The van der Waals surface area contributed by atoms with Crippen molar-refractivity contribution in [3.05, 3.63) is 0 Å². The molecule has 1 saturated heterocycles. The second kappa shape index (κ2) is 6.53. The molecule has 2 N–H and O–H groups in total. The Kier molecular flexibility index (Phi) is 5.23. The number of hydrogen-bond donors (Lipinski definition) is 2. The van der Waals surface area contributed by atoms with Crippen LogP contribution in [0.25, 0.3) is 0 Å². The third kappa shape index (κ3) is 3.48. The van der Waals surface area contributed by atoms with E-state index in [-0.39, 0.29) is 12.1 Å². The zero-order chi connectivity index (χ0) is 13.9. The summed E-state index contributed by atoms with van der Waals surface area (Å²) in [6.45, 7) is 6.22. The summed E-state index contributed by atoms with van der Waals surface area (Å²) in [5.74, 6) is 0. The third-order valence-corrected chi connectivity index (χ3v) is 5.22. The average Bonchev–Trinajstić information content (AvgIpc) is 2.59.